The summed E-state index contributed by atoms with van der Waals surface area (Å²) in [5.41, 5.74) is 1.41. The fourth-order valence-electron chi connectivity index (χ4n) is 4.70. The first-order valence-corrected chi connectivity index (χ1v) is 14.4. The molecule has 0 aromatic rings. The molecule has 0 spiro atoms. The zero-order chi connectivity index (χ0) is 22.2. The van der Waals surface area contributed by atoms with E-state index < -0.39 is 0 Å². The molecule has 1 heterocycles. The summed E-state index contributed by atoms with van der Waals surface area (Å²) >= 11 is 0. The molecular formula is C30H58BrN. The van der Waals surface area contributed by atoms with E-state index in [1.165, 1.54) is 153 Å². The van der Waals surface area contributed by atoms with E-state index in [4.69, 9.17) is 0 Å². The highest BCUT2D eigenvalue weighted by Crippen LogP contribution is 2.15. The molecule has 0 bridgehead atoms. The second-order valence-corrected chi connectivity index (χ2v) is 10.2. The summed E-state index contributed by atoms with van der Waals surface area (Å²) in [4.78, 5) is 2.45. The minimum absolute atomic E-state index is 0. The Morgan fingerprint density at radius 3 is 1.22 bits per heavy atom. The highest BCUT2D eigenvalue weighted by atomic mass is 79.9. The van der Waals surface area contributed by atoms with E-state index in [1.807, 2.05) is 0 Å². The Labute approximate surface area is 213 Å². The van der Waals surface area contributed by atoms with Gasteiger partial charge in [0.1, 0.15) is 0 Å². The first-order chi connectivity index (χ1) is 15.3. The van der Waals surface area contributed by atoms with Gasteiger partial charge in [-0.05, 0) is 25.6 Å². The molecule has 1 aliphatic heterocycles. The molecule has 0 aliphatic carbocycles. The molecule has 1 aliphatic rings. The van der Waals surface area contributed by atoms with Crippen molar-refractivity contribution in [1.82, 2.24) is 4.90 Å². The smallest absolute Gasteiger partial charge is 0.0359 e. The zero-order valence-corrected chi connectivity index (χ0v) is 23.8. The Hall–Kier alpha value is -0.240. The Balaban J connectivity index is 0.00000961. The van der Waals surface area contributed by atoms with Gasteiger partial charge in [0, 0.05) is 13.1 Å². The highest BCUT2D eigenvalue weighted by molar-refractivity contribution is 8.93. The number of halogens is 1. The van der Waals surface area contributed by atoms with Crippen LogP contribution < -0.4 is 0 Å². The largest absolute Gasteiger partial charge is 0.374 e. The van der Waals surface area contributed by atoms with Crippen molar-refractivity contribution < 1.29 is 0 Å². The quantitative estimate of drug-likeness (QED) is 0.123. The van der Waals surface area contributed by atoms with Gasteiger partial charge in [-0.1, -0.05) is 153 Å². The second kappa shape index (κ2) is 25.4. The van der Waals surface area contributed by atoms with Crippen LogP contribution in [0.5, 0.6) is 0 Å². The molecular weight excluding hydrogens is 454 g/mol. The Morgan fingerprint density at radius 2 is 0.906 bits per heavy atom. The molecule has 190 valence electrons. The van der Waals surface area contributed by atoms with Gasteiger partial charge >= 0.3 is 0 Å². The molecule has 0 saturated heterocycles. The van der Waals surface area contributed by atoms with Gasteiger partial charge in [-0.3, -0.25) is 0 Å². The number of allylic oxidation sites excluding steroid dienone is 2. The summed E-state index contributed by atoms with van der Waals surface area (Å²) in [6.45, 7) is 6.84. The normalized spacial score (nSPS) is 13.3. The van der Waals surface area contributed by atoms with Crippen LogP contribution in [0.15, 0.2) is 23.9 Å². The van der Waals surface area contributed by atoms with E-state index in [2.05, 4.69) is 37.1 Å². The van der Waals surface area contributed by atoms with Crippen LogP contribution in [-0.4, -0.2) is 18.0 Å². The lowest BCUT2D eigenvalue weighted by Gasteiger charge is -2.21. The van der Waals surface area contributed by atoms with Gasteiger partial charge < -0.3 is 4.90 Å². The van der Waals surface area contributed by atoms with Gasteiger partial charge in [-0.2, -0.15) is 0 Å². The van der Waals surface area contributed by atoms with Crippen LogP contribution >= 0.6 is 17.0 Å². The molecule has 0 N–H and O–H groups in total. The minimum atomic E-state index is 0. The molecule has 32 heavy (non-hydrogen) atoms. The van der Waals surface area contributed by atoms with Crippen molar-refractivity contribution in [3.63, 3.8) is 0 Å². The topological polar surface area (TPSA) is 3.24 Å². The summed E-state index contributed by atoms with van der Waals surface area (Å²) in [7, 11) is 0. The van der Waals surface area contributed by atoms with Crippen molar-refractivity contribution in [3.8, 4) is 0 Å². The average molecular weight is 513 g/mol. The molecule has 0 atom stereocenters. The van der Waals surface area contributed by atoms with Gasteiger partial charge in [0.05, 0.1) is 0 Å². The highest BCUT2D eigenvalue weighted by Gasteiger charge is 2.01. The van der Waals surface area contributed by atoms with Gasteiger partial charge in [0.25, 0.3) is 0 Å². The minimum Gasteiger partial charge on any atom is -0.374 e. The van der Waals surface area contributed by atoms with Crippen LogP contribution in [0.25, 0.3) is 0 Å². The van der Waals surface area contributed by atoms with Crippen molar-refractivity contribution >= 4 is 17.0 Å². The van der Waals surface area contributed by atoms with Crippen molar-refractivity contribution in [1.29, 1.82) is 0 Å². The van der Waals surface area contributed by atoms with Crippen LogP contribution in [0, 0.1) is 0 Å². The van der Waals surface area contributed by atoms with Crippen molar-refractivity contribution in [2.45, 2.75) is 155 Å². The van der Waals surface area contributed by atoms with Crippen LogP contribution in [0.2, 0.25) is 0 Å². The second-order valence-electron chi connectivity index (χ2n) is 10.2. The van der Waals surface area contributed by atoms with E-state index in [0.717, 1.165) is 6.54 Å². The van der Waals surface area contributed by atoms with E-state index >= 15 is 0 Å². The van der Waals surface area contributed by atoms with Gasteiger partial charge in [0.15, 0.2) is 0 Å². The fourth-order valence-corrected chi connectivity index (χ4v) is 4.70. The Morgan fingerprint density at radius 1 is 0.562 bits per heavy atom. The monoisotopic (exact) mass is 511 g/mol. The molecule has 0 aromatic carbocycles. The maximum absolute atomic E-state index is 2.45. The first kappa shape index (κ1) is 31.8. The summed E-state index contributed by atoms with van der Waals surface area (Å²) in [6.07, 6.45) is 39.0. The van der Waals surface area contributed by atoms with Crippen molar-refractivity contribution in [2.75, 3.05) is 13.1 Å². The molecule has 2 heteroatoms. The number of hydrogen-bond acceptors (Lipinski definition) is 1. The molecule has 1 nitrogen and oxygen atoms in total. The lowest BCUT2D eigenvalue weighted by atomic mass is 10.0. The third-order valence-electron chi connectivity index (χ3n) is 6.99. The Bertz CT molecular complexity index is 429. The summed E-state index contributed by atoms with van der Waals surface area (Å²) < 4.78 is 0. The predicted molar refractivity (Wildman–Crippen MR) is 152 cm³/mol. The number of nitrogens with zero attached hydrogens (tertiary/aromatic N) is 1. The number of unbranched alkanes of at least 4 members (excludes halogenated alkanes) is 21. The van der Waals surface area contributed by atoms with E-state index in [0.29, 0.717) is 0 Å². The predicted octanol–water partition coefficient (Wildman–Crippen LogP) is 10.9. The molecule has 0 saturated carbocycles. The molecule has 0 fully saturated rings. The van der Waals surface area contributed by atoms with Crippen molar-refractivity contribution in [3.05, 3.63) is 23.9 Å². The van der Waals surface area contributed by atoms with Crippen LogP contribution in [0.1, 0.15) is 155 Å². The number of rotatable bonds is 23. The number of hydrogen-bond donors (Lipinski definition) is 0. The Kier molecular flexibility index (Phi) is 25.2. The lowest BCUT2D eigenvalue weighted by Crippen LogP contribution is -2.20. The first-order valence-electron chi connectivity index (χ1n) is 14.4. The van der Waals surface area contributed by atoms with Crippen LogP contribution in [0.4, 0.5) is 0 Å². The average Bonchev–Trinajstić information content (AvgIpc) is 2.78. The van der Waals surface area contributed by atoms with Gasteiger partial charge in [-0.25, -0.2) is 0 Å². The molecule has 0 amide bonds. The van der Waals surface area contributed by atoms with Gasteiger partial charge in [0.2, 0.25) is 0 Å². The zero-order valence-electron chi connectivity index (χ0n) is 22.1. The summed E-state index contributed by atoms with van der Waals surface area (Å²) in [5.74, 6) is 0. The lowest BCUT2D eigenvalue weighted by molar-refractivity contribution is 0.390. The van der Waals surface area contributed by atoms with E-state index in [-0.39, 0.29) is 17.0 Å². The van der Waals surface area contributed by atoms with Crippen LogP contribution in [0.3, 0.4) is 0 Å². The molecule has 0 radical (unpaired) electrons. The SMILES string of the molecule is Br.CCCCCCCCCCCCCCCCCCCCCCCCN1C=CC(C)=CC1. The third-order valence-corrected chi connectivity index (χ3v) is 6.99. The molecule has 0 aromatic heterocycles. The van der Waals surface area contributed by atoms with E-state index in [1.54, 1.807) is 0 Å². The summed E-state index contributed by atoms with van der Waals surface area (Å²) in [6, 6.07) is 0. The third kappa shape index (κ3) is 21.6. The van der Waals surface area contributed by atoms with Gasteiger partial charge in [-0.15, -0.1) is 17.0 Å². The van der Waals surface area contributed by atoms with Crippen LogP contribution in [-0.2, 0) is 0 Å². The summed E-state index contributed by atoms with van der Waals surface area (Å²) in [5, 5.41) is 0. The molecule has 0 unspecified atom stereocenters. The fraction of sp³-hybridized carbons (Fsp3) is 0.867. The van der Waals surface area contributed by atoms with E-state index in [9.17, 15) is 0 Å². The maximum Gasteiger partial charge on any atom is 0.0359 e. The maximum atomic E-state index is 2.45. The standard InChI is InChI=1S/C30H57N.BrH/c1-3-4-5-6-7-8-9-10-11-12-13-14-15-16-17-18-19-20-21-22-23-24-27-31-28-25-30(2)26-29-31;/h25-26,28H,3-24,27,29H2,1-2H3;1H. The van der Waals surface area contributed by atoms with Crippen molar-refractivity contribution in [2.24, 2.45) is 0 Å². The molecule has 1 rings (SSSR count).